The molecule has 1 aromatic carbocycles. The predicted molar refractivity (Wildman–Crippen MR) is 55.7 cm³/mol. The summed E-state index contributed by atoms with van der Waals surface area (Å²) >= 11 is 3.54. The lowest BCUT2D eigenvalue weighted by Gasteiger charge is -2.05. The molecule has 1 nitrogen and oxygen atoms in total. The van der Waals surface area contributed by atoms with Crippen molar-refractivity contribution in [2.75, 3.05) is 11.9 Å². The van der Waals surface area contributed by atoms with Crippen LogP contribution in [-0.2, 0) is 0 Å². The number of halogens is 1. The summed E-state index contributed by atoms with van der Waals surface area (Å²) in [5.41, 5.74) is 2.76. The Labute approximate surface area is 81.3 Å². The lowest BCUT2D eigenvalue weighted by atomic mass is 9.99. The Bertz CT molecular complexity index is 296. The molecule has 1 aromatic rings. The van der Waals surface area contributed by atoms with Crippen molar-refractivity contribution in [3.05, 3.63) is 28.2 Å². The molecule has 2 rings (SSSR count). The number of hydrogen-bond donors (Lipinski definition) is 1. The van der Waals surface area contributed by atoms with Crippen LogP contribution in [0.3, 0.4) is 0 Å². The molecular weight excluding hydrogens is 214 g/mol. The number of rotatable bonds is 1. The molecule has 0 aliphatic carbocycles. The summed E-state index contributed by atoms with van der Waals surface area (Å²) in [4.78, 5) is 0. The van der Waals surface area contributed by atoms with Crippen molar-refractivity contribution >= 4 is 21.6 Å². The quantitative estimate of drug-likeness (QED) is 0.774. The third kappa shape index (κ3) is 1.14. The molecule has 12 heavy (non-hydrogen) atoms. The molecule has 2 heteroatoms. The van der Waals surface area contributed by atoms with Crippen LogP contribution in [0.15, 0.2) is 22.7 Å². The van der Waals surface area contributed by atoms with Gasteiger partial charge in [-0.3, -0.25) is 0 Å². The number of para-hydroxylation sites is 1. The second kappa shape index (κ2) is 3.09. The van der Waals surface area contributed by atoms with Gasteiger partial charge in [0.2, 0.25) is 0 Å². The van der Waals surface area contributed by atoms with Crippen LogP contribution in [0.2, 0.25) is 0 Å². The molecule has 0 amide bonds. The second-order valence-corrected chi connectivity index (χ2v) is 4.04. The van der Waals surface area contributed by atoms with Crippen LogP contribution in [0.5, 0.6) is 0 Å². The lowest BCUT2D eigenvalue weighted by Crippen LogP contribution is -1.99. The molecule has 0 fully saturated rings. The molecule has 1 heterocycles. The number of hydrogen-bond acceptors (Lipinski definition) is 1. The normalized spacial score (nSPS) is 20.3. The topological polar surface area (TPSA) is 12.0 Å². The highest BCUT2D eigenvalue weighted by Crippen LogP contribution is 2.38. The van der Waals surface area contributed by atoms with Gasteiger partial charge in [0.1, 0.15) is 0 Å². The number of anilines is 1. The summed E-state index contributed by atoms with van der Waals surface area (Å²) in [5, 5.41) is 3.42. The molecule has 0 aromatic heterocycles. The van der Waals surface area contributed by atoms with Crippen LogP contribution < -0.4 is 5.32 Å². The summed E-state index contributed by atoms with van der Waals surface area (Å²) in [7, 11) is 0. The average Bonchev–Trinajstić information content (AvgIpc) is 2.49. The number of benzene rings is 1. The van der Waals surface area contributed by atoms with Crippen molar-refractivity contribution in [3.8, 4) is 0 Å². The first-order valence-corrected chi connectivity index (χ1v) is 5.14. The maximum Gasteiger partial charge on any atom is 0.0520 e. The summed E-state index contributed by atoms with van der Waals surface area (Å²) < 4.78 is 1.19. The zero-order chi connectivity index (χ0) is 8.55. The van der Waals surface area contributed by atoms with Crippen molar-refractivity contribution in [2.24, 2.45) is 0 Å². The van der Waals surface area contributed by atoms with E-state index >= 15 is 0 Å². The van der Waals surface area contributed by atoms with Gasteiger partial charge in [0.25, 0.3) is 0 Å². The molecule has 64 valence electrons. The maximum absolute atomic E-state index is 3.54. The molecule has 1 atom stereocenters. The van der Waals surface area contributed by atoms with E-state index in [1.54, 1.807) is 0 Å². The lowest BCUT2D eigenvalue weighted by molar-refractivity contribution is 0.727. The van der Waals surface area contributed by atoms with Gasteiger partial charge in [-0.2, -0.15) is 0 Å². The molecule has 1 N–H and O–H groups in total. The van der Waals surface area contributed by atoms with Crippen molar-refractivity contribution in [1.82, 2.24) is 0 Å². The van der Waals surface area contributed by atoms with Gasteiger partial charge >= 0.3 is 0 Å². The average molecular weight is 226 g/mol. The largest absolute Gasteiger partial charge is 0.383 e. The minimum Gasteiger partial charge on any atom is -0.383 e. The van der Waals surface area contributed by atoms with Gasteiger partial charge in [-0.25, -0.2) is 0 Å². The van der Waals surface area contributed by atoms with E-state index < -0.39 is 0 Å². The van der Waals surface area contributed by atoms with Crippen molar-refractivity contribution < 1.29 is 0 Å². The smallest absolute Gasteiger partial charge is 0.0520 e. The SMILES string of the molecule is CC[C@H]1CNc2c(Br)cccc21. The number of nitrogens with one attached hydrogen (secondary N) is 1. The zero-order valence-electron chi connectivity index (χ0n) is 7.10. The molecule has 1 aliphatic heterocycles. The van der Waals surface area contributed by atoms with Crippen LogP contribution in [0.25, 0.3) is 0 Å². The predicted octanol–water partition coefficient (Wildman–Crippen LogP) is 3.37. The van der Waals surface area contributed by atoms with E-state index in [2.05, 4.69) is 46.4 Å². The van der Waals surface area contributed by atoms with Gasteiger partial charge in [0.15, 0.2) is 0 Å². The fourth-order valence-electron chi connectivity index (χ4n) is 1.77. The standard InChI is InChI=1S/C10H12BrN/c1-2-7-6-12-10-8(7)4-3-5-9(10)11/h3-5,7,12H,2,6H2,1H3/t7-/m0/s1. The molecule has 0 bridgehead atoms. The Morgan fingerprint density at radius 2 is 2.42 bits per heavy atom. The summed E-state index contributed by atoms with van der Waals surface area (Å²) in [6.07, 6.45) is 1.22. The van der Waals surface area contributed by atoms with E-state index in [4.69, 9.17) is 0 Å². The summed E-state index contributed by atoms with van der Waals surface area (Å²) in [6.45, 7) is 3.33. The fourth-order valence-corrected chi connectivity index (χ4v) is 2.29. The van der Waals surface area contributed by atoms with E-state index in [1.807, 2.05) is 0 Å². The Morgan fingerprint density at radius 3 is 3.17 bits per heavy atom. The molecule has 0 saturated heterocycles. The second-order valence-electron chi connectivity index (χ2n) is 3.19. The highest BCUT2D eigenvalue weighted by molar-refractivity contribution is 9.10. The molecule has 0 unspecified atom stereocenters. The van der Waals surface area contributed by atoms with Crippen molar-refractivity contribution in [3.63, 3.8) is 0 Å². The van der Waals surface area contributed by atoms with Gasteiger partial charge in [0.05, 0.1) is 5.69 Å². The minimum absolute atomic E-state index is 0.706. The molecule has 1 aliphatic rings. The van der Waals surface area contributed by atoms with Crippen LogP contribution in [-0.4, -0.2) is 6.54 Å². The zero-order valence-corrected chi connectivity index (χ0v) is 8.69. The first-order chi connectivity index (χ1) is 5.83. The maximum atomic E-state index is 3.54. The Balaban J connectivity index is 2.46. The third-order valence-electron chi connectivity index (χ3n) is 2.50. The van der Waals surface area contributed by atoms with Gasteiger partial charge in [0, 0.05) is 16.9 Å². The molecule has 0 saturated carbocycles. The van der Waals surface area contributed by atoms with Crippen molar-refractivity contribution in [2.45, 2.75) is 19.3 Å². The van der Waals surface area contributed by atoms with Gasteiger partial charge < -0.3 is 5.32 Å². The van der Waals surface area contributed by atoms with Crippen LogP contribution >= 0.6 is 15.9 Å². The van der Waals surface area contributed by atoms with Crippen LogP contribution in [0.1, 0.15) is 24.8 Å². The van der Waals surface area contributed by atoms with Gasteiger partial charge in [-0.1, -0.05) is 19.1 Å². The van der Waals surface area contributed by atoms with E-state index in [1.165, 1.54) is 22.1 Å². The van der Waals surface area contributed by atoms with Crippen LogP contribution in [0.4, 0.5) is 5.69 Å². The van der Waals surface area contributed by atoms with E-state index in [0.29, 0.717) is 5.92 Å². The monoisotopic (exact) mass is 225 g/mol. The van der Waals surface area contributed by atoms with E-state index in [9.17, 15) is 0 Å². The van der Waals surface area contributed by atoms with Crippen LogP contribution in [0, 0.1) is 0 Å². The molecule has 0 spiro atoms. The highest BCUT2D eigenvalue weighted by Gasteiger charge is 2.21. The van der Waals surface area contributed by atoms with E-state index in [-0.39, 0.29) is 0 Å². The highest BCUT2D eigenvalue weighted by atomic mass is 79.9. The Morgan fingerprint density at radius 1 is 1.58 bits per heavy atom. The molecular formula is C10H12BrN. The first-order valence-electron chi connectivity index (χ1n) is 4.35. The first kappa shape index (κ1) is 8.11. The van der Waals surface area contributed by atoms with Crippen molar-refractivity contribution in [1.29, 1.82) is 0 Å². The Kier molecular flexibility index (Phi) is 2.09. The number of fused-ring (bicyclic) bond motifs is 1. The fraction of sp³-hybridized carbons (Fsp3) is 0.400. The van der Waals surface area contributed by atoms with E-state index in [0.717, 1.165) is 6.54 Å². The Hall–Kier alpha value is -0.500. The van der Waals surface area contributed by atoms with Gasteiger partial charge in [-0.15, -0.1) is 0 Å². The summed E-state index contributed by atoms with van der Waals surface area (Å²) in [5.74, 6) is 0.706. The molecule has 0 radical (unpaired) electrons. The third-order valence-corrected chi connectivity index (χ3v) is 3.16. The minimum atomic E-state index is 0.706. The summed E-state index contributed by atoms with van der Waals surface area (Å²) in [6, 6.07) is 6.41. The van der Waals surface area contributed by atoms with Gasteiger partial charge in [-0.05, 0) is 34.0 Å².